The van der Waals surface area contributed by atoms with Crippen LogP contribution in [0.25, 0.3) is 0 Å². The van der Waals surface area contributed by atoms with Gasteiger partial charge in [0.1, 0.15) is 0 Å². The first-order valence-corrected chi connectivity index (χ1v) is 9.04. The van der Waals surface area contributed by atoms with Crippen LogP contribution in [0.2, 0.25) is 0 Å². The van der Waals surface area contributed by atoms with Crippen LogP contribution in [-0.2, 0) is 16.1 Å². The number of ether oxygens (including phenoxy) is 1. The Morgan fingerprint density at radius 3 is 2.76 bits per heavy atom. The molecule has 5 heterocycles. The Labute approximate surface area is 147 Å². The van der Waals surface area contributed by atoms with E-state index in [2.05, 4.69) is 4.98 Å². The predicted molar refractivity (Wildman–Crippen MR) is 90.7 cm³/mol. The molecule has 2 atom stereocenters. The lowest BCUT2D eigenvalue weighted by Crippen LogP contribution is -2.50. The minimum absolute atomic E-state index is 0.0488. The number of carbonyl (C=O) groups excluding carboxylic acids is 2. The molecule has 0 aliphatic carbocycles. The molecule has 0 saturated carbocycles. The molecular formula is C18H24N4O3. The molecule has 4 aliphatic rings. The molecule has 0 aromatic carbocycles. The Balaban J connectivity index is 1.49. The topological polar surface area (TPSA) is 66.0 Å². The lowest BCUT2D eigenvalue weighted by atomic mass is 9.94. The van der Waals surface area contributed by atoms with Crippen LogP contribution >= 0.6 is 0 Å². The fraction of sp³-hybridized carbons (Fsp3) is 0.611. The second kappa shape index (κ2) is 7.00. The molecule has 1 aromatic heterocycles. The second-order valence-electron chi connectivity index (χ2n) is 7.00. The third-order valence-corrected chi connectivity index (χ3v) is 5.40. The van der Waals surface area contributed by atoms with Gasteiger partial charge in [0.05, 0.1) is 31.4 Å². The van der Waals surface area contributed by atoms with E-state index < -0.39 is 0 Å². The van der Waals surface area contributed by atoms with Crippen LogP contribution < -0.4 is 0 Å². The van der Waals surface area contributed by atoms with Crippen LogP contribution in [0.15, 0.2) is 24.4 Å². The summed E-state index contributed by atoms with van der Waals surface area (Å²) in [6, 6.07) is 5.90. The van der Waals surface area contributed by atoms with Crippen molar-refractivity contribution in [1.29, 1.82) is 0 Å². The van der Waals surface area contributed by atoms with Gasteiger partial charge >= 0.3 is 6.03 Å². The third-order valence-electron chi connectivity index (χ3n) is 5.40. The SMILES string of the molecule is O=C(N1CCOCC1)N1C[C@@H]2CC[C@H](C1)N(Cc1ccccn1)C2=O. The molecule has 25 heavy (non-hydrogen) atoms. The average molecular weight is 344 g/mol. The number of nitrogens with zero attached hydrogens (tertiary/aromatic N) is 4. The summed E-state index contributed by atoms with van der Waals surface area (Å²) in [5.74, 6) is 0.0756. The van der Waals surface area contributed by atoms with Crippen LogP contribution in [-0.4, -0.2) is 77.1 Å². The van der Waals surface area contributed by atoms with Gasteiger partial charge in [0, 0.05) is 38.4 Å². The van der Waals surface area contributed by atoms with Crippen molar-refractivity contribution < 1.29 is 14.3 Å². The molecule has 3 amide bonds. The van der Waals surface area contributed by atoms with E-state index in [1.807, 2.05) is 32.9 Å². The molecule has 0 unspecified atom stereocenters. The number of piperidine rings is 1. The van der Waals surface area contributed by atoms with Gasteiger partial charge < -0.3 is 19.4 Å². The van der Waals surface area contributed by atoms with Gasteiger partial charge in [-0.1, -0.05) is 6.07 Å². The van der Waals surface area contributed by atoms with Crippen molar-refractivity contribution in [3.05, 3.63) is 30.1 Å². The van der Waals surface area contributed by atoms with Crippen molar-refractivity contribution in [3.8, 4) is 0 Å². The monoisotopic (exact) mass is 344 g/mol. The number of pyridine rings is 1. The second-order valence-corrected chi connectivity index (χ2v) is 7.00. The molecule has 0 spiro atoms. The third kappa shape index (κ3) is 3.33. The van der Waals surface area contributed by atoms with Crippen molar-refractivity contribution in [1.82, 2.24) is 19.7 Å². The molecular weight excluding hydrogens is 320 g/mol. The largest absolute Gasteiger partial charge is 0.378 e. The highest BCUT2D eigenvalue weighted by Gasteiger charge is 2.42. The maximum atomic E-state index is 12.9. The normalized spacial score (nSPS) is 26.7. The van der Waals surface area contributed by atoms with Gasteiger partial charge in [0.2, 0.25) is 5.91 Å². The van der Waals surface area contributed by atoms with Gasteiger partial charge in [-0.15, -0.1) is 0 Å². The molecule has 5 rings (SSSR count). The van der Waals surface area contributed by atoms with E-state index in [4.69, 9.17) is 4.74 Å². The average Bonchev–Trinajstić information content (AvgIpc) is 2.95. The standard InChI is InChI=1S/C18H24N4O3/c23-17-14-4-5-16(22(17)12-15-3-1-2-6-19-15)13-21(11-14)18(24)20-7-9-25-10-8-20/h1-3,6,14,16H,4-5,7-13H2/t14-,16+/m0/s1. The maximum absolute atomic E-state index is 12.9. The lowest BCUT2D eigenvalue weighted by molar-refractivity contribution is -0.140. The molecule has 4 fully saturated rings. The van der Waals surface area contributed by atoms with E-state index in [9.17, 15) is 9.59 Å². The lowest BCUT2D eigenvalue weighted by Gasteiger charge is -2.36. The first-order valence-electron chi connectivity index (χ1n) is 9.04. The number of hydrogen-bond donors (Lipinski definition) is 0. The van der Waals surface area contributed by atoms with Gasteiger partial charge in [-0.25, -0.2) is 4.79 Å². The van der Waals surface area contributed by atoms with Crippen molar-refractivity contribution >= 4 is 11.9 Å². The summed E-state index contributed by atoms with van der Waals surface area (Å²) in [5, 5.41) is 0. The van der Waals surface area contributed by atoms with Gasteiger partial charge in [-0.3, -0.25) is 9.78 Å². The summed E-state index contributed by atoms with van der Waals surface area (Å²) in [4.78, 5) is 35.7. The van der Waals surface area contributed by atoms with E-state index in [1.165, 1.54) is 0 Å². The van der Waals surface area contributed by atoms with Crippen LogP contribution in [0.4, 0.5) is 4.79 Å². The van der Waals surface area contributed by atoms with E-state index in [-0.39, 0.29) is 23.9 Å². The van der Waals surface area contributed by atoms with E-state index >= 15 is 0 Å². The Morgan fingerprint density at radius 2 is 2.00 bits per heavy atom. The van der Waals surface area contributed by atoms with Gasteiger partial charge in [-0.2, -0.15) is 0 Å². The van der Waals surface area contributed by atoms with Crippen molar-refractivity contribution in [2.75, 3.05) is 39.4 Å². The summed E-state index contributed by atoms with van der Waals surface area (Å²) in [6.45, 7) is 4.14. The molecule has 7 heteroatoms. The number of urea groups is 1. The van der Waals surface area contributed by atoms with Crippen LogP contribution in [0.5, 0.6) is 0 Å². The number of carbonyl (C=O) groups is 2. The molecule has 4 aliphatic heterocycles. The first kappa shape index (κ1) is 16.3. The van der Waals surface area contributed by atoms with Gasteiger partial charge in [-0.05, 0) is 25.0 Å². The molecule has 2 bridgehead atoms. The van der Waals surface area contributed by atoms with Gasteiger partial charge in [0.15, 0.2) is 0 Å². The van der Waals surface area contributed by atoms with E-state index in [0.717, 1.165) is 18.5 Å². The van der Waals surface area contributed by atoms with Crippen LogP contribution in [0, 0.1) is 5.92 Å². The summed E-state index contributed by atoms with van der Waals surface area (Å²) in [5.41, 5.74) is 0.898. The predicted octanol–water partition coefficient (Wildman–Crippen LogP) is 0.957. The van der Waals surface area contributed by atoms with Crippen molar-refractivity contribution in [2.45, 2.75) is 25.4 Å². The van der Waals surface area contributed by atoms with Crippen LogP contribution in [0.1, 0.15) is 18.5 Å². The summed E-state index contributed by atoms with van der Waals surface area (Å²) in [6.07, 6.45) is 3.58. The highest BCUT2D eigenvalue weighted by Crippen LogP contribution is 2.30. The number of amides is 3. The fourth-order valence-electron chi connectivity index (χ4n) is 4.03. The summed E-state index contributed by atoms with van der Waals surface area (Å²) in [7, 11) is 0. The van der Waals surface area contributed by atoms with E-state index in [1.54, 1.807) is 6.20 Å². The Morgan fingerprint density at radius 1 is 1.16 bits per heavy atom. The van der Waals surface area contributed by atoms with Crippen molar-refractivity contribution in [3.63, 3.8) is 0 Å². The highest BCUT2D eigenvalue weighted by atomic mass is 16.5. The van der Waals surface area contributed by atoms with Crippen LogP contribution in [0.3, 0.4) is 0 Å². The molecule has 4 saturated heterocycles. The summed E-state index contributed by atoms with van der Waals surface area (Å²) < 4.78 is 5.34. The molecule has 1 aromatic rings. The van der Waals surface area contributed by atoms with Gasteiger partial charge in [0.25, 0.3) is 0 Å². The summed E-state index contributed by atoms with van der Waals surface area (Å²) >= 11 is 0. The quantitative estimate of drug-likeness (QED) is 0.801. The molecule has 0 radical (unpaired) electrons. The number of fused-ring (bicyclic) bond motifs is 4. The Kier molecular flexibility index (Phi) is 4.57. The highest BCUT2D eigenvalue weighted by molar-refractivity contribution is 5.82. The zero-order chi connectivity index (χ0) is 17.2. The number of morpholine rings is 1. The fourth-order valence-corrected chi connectivity index (χ4v) is 4.03. The number of hydrogen-bond acceptors (Lipinski definition) is 4. The first-order chi connectivity index (χ1) is 12.2. The van der Waals surface area contributed by atoms with Crippen molar-refractivity contribution in [2.24, 2.45) is 5.92 Å². The minimum atomic E-state index is -0.0903. The minimum Gasteiger partial charge on any atom is -0.378 e. The molecule has 134 valence electrons. The zero-order valence-corrected chi connectivity index (χ0v) is 14.3. The zero-order valence-electron chi connectivity index (χ0n) is 14.3. The number of rotatable bonds is 2. The molecule has 0 N–H and O–H groups in total. The Bertz CT molecular complexity index is 632. The van der Waals surface area contributed by atoms with E-state index in [0.29, 0.717) is 45.9 Å². The Hall–Kier alpha value is -2.15. The molecule has 7 nitrogen and oxygen atoms in total. The maximum Gasteiger partial charge on any atom is 0.320 e. The smallest absolute Gasteiger partial charge is 0.320 e. The number of aromatic nitrogens is 1.